The van der Waals surface area contributed by atoms with E-state index in [1.807, 2.05) is 12.1 Å². The monoisotopic (exact) mass is 275 g/mol. The molecule has 0 aromatic heterocycles. The zero-order valence-corrected chi connectivity index (χ0v) is 12.0. The summed E-state index contributed by atoms with van der Waals surface area (Å²) in [6, 6.07) is 5.38. The summed E-state index contributed by atoms with van der Waals surface area (Å²) in [5.41, 5.74) is 7.34. The first-order valence-corrected chi connectivity index (χ1v) is 6.97. The molecule has 1 fully saturated rings. The van der Waals surface area contributed by atoms with Crippen LogP contribution in [0.3, 0.4) is 0 Å². The third-order valence-corrected chi connectivity index (χ3v) is 3.35. The Balaban J connectivity index is 2.27. The first-order valence-electron chi connectivity index (χ1n) is 6.97. The molecule has 0 unspecified atom stereocenters. The van der Waals surface area contributed by atoms with E-state index in [2.05, 4.69) is 19.2 Å². The SMILES string of the molecule is CC(C)CNc1ccc(N2CCCC2=O)cc1C(N)=O. The molecule has 3 N–H and O–H groups in total. The predicted molar refractivity (Wildman–Crippen MR) is 79.9 cm³/mol. The number of carbonyl (C=O) groups excluding carboxylic acids is 2. The van der Waals surface area contributed by atoms with Crippen molar-refractivity contribution in [2.75, 3.05) is 23.3 Å². The molecule has 108 valence electrons. The smallest absolute Gasteiger partial charge is 0.250 e. The van der Waals surface area contributed by atoms with Crippen molar-refractivity contribution < 1.29 is 9.59 Å². The summed E-state index contributed by atoms with van der Waals surface area (Å²) in [6.07, 6.45) is 1.43. The summed E-state index contributed by atoms with van der Waals surface area (Å²) >= 11 is 0. The summed E-state index contributed by atoms with van der Waals surface area (Å²) in [5.74, 6) is 0.0867. The van der Waals surface area contributed by atoms with Crippen molar-refractivity contribution in [3.8, 4) is 0 Å². The van der Waals surface area contributed by atoms with Crippen molar-refractivity contribution in [2.45, 2.75) is 26.7 Å². The molecule has 1 aliphatic rings. The standard InChI is InChI=1S/C15H21N3O2/c1-10(2)9-17-13-6-5-11(8-12(13)15(16)20)18-7-3-4-14(18)19/h5-6,8,10,17H,3-4,7,9H2,1-2H3,(H2,16,20). The highest BCUT2D eigenvalue weighted by atomic mass is 16.2. The van der Waals surface area contributed by atoms with Crippen molar-refractivity contribution in [3.63, 3.8) is 0 Å². The first kappa shape index (κ1) is 14.4. The lowest BCUT2D eigenvalue weighted by Gasteiger charge is -2.18. The largest absolute Gasteiger partial charge is 0.384 e. The molecular formula is C15H21N3O2. The maximum absolute atomic E-state index is 11.7. The number of primary amides is 1. The van der Waals surface area contributed by atoms with Crippen LogP contribution in [0.15, 0.2) is 18.2 Å². The molecule has 0 aliphatic carbocycles. The topological polar surface area (TPSA) is 75.4 Å². The molecule has 1 saturated heterocycles. The van der Waals surface area contributed by atoms with E-state index in [4.69, 9.17) is 5.73 Å². The summed E-state index contributed by atoms with van der Waals surface area (Å²) in [7, 11) is 0. The third kappa shape index (κ3) is 3.10. The molecule has 5 nitrogen and oxygen atoms in total. The Morgan fingerprint density at radius 3 is 2.75 bits per heavy atom. The van der Waals surface area contributed by atoms with E-state index >= 15 is 0 Å². The van der Waals surface area contributed by atoms with Gasteiger partial charge in [0.2, 0.25) is 5.91 Å². The number of hydrogen-bond acceptors (Lipinski definition) is 3. The van der Waals surface area contributed by atoms with Gasteiger partial charge in [-0.05, 0) is 30.5 Å². The number of amides is 2. The summed E-state index contributed by atoms with van der Waals surface area (Å²) < 4.78 is 0. The summed E-state index contributed by atoms with van der Waals surface area (Å²) in [4.78, 5) is 25.1. The van der Waals surface area contributed by atoms with Crippen molar-refractivity contribution in [3.05, 3.63) is 23.8 Å². The van der Waals surface area contributed by atoms with Crippen molar-refractivity contribution >= 4 is 23.2 Å². The van der Waals surface area contributed by atoms with Crippen molar-refractivity contribution in [1.29, 1.82) is 0 Å². The highest BCUT2D eigenvalue weighted by Gasteiger charge is 2.23. The number of hydrogen-bond donors (Lipinski definition) is 2. The number of nitrogens with two attached hydrogens (primary N) is 1. The Hall–Kier alpha value is -2.04. The van der Waals surface area contributed by atoms with Crippen LogP contribution in [-0.4, -0.2) is 24.9 Å². The lowest BCUT2D eigenvalue weighted by atomic mass is 10.1. The van der Waals surface area contributed by atoms with E-state index in [9.17, 15) is 9.59 Å². The van der Waals surface area contributed by atoms with Crippen LogP contribution in [0.5, 0.6) is 0 Å². The Morgan fingerprint density at radius 1 is 1.45 bits per heavy atom. The fraction of sp³-hybridized carbons (Fsp3) is 0.467. The van der Waals surface area contributed by atoms with E-state index in [1.54, 1.807) is 11.0 Å². The fourth-order valence-electron chi connectivity index (χ4n) is 2.29. The van der Waals surface area contributed by atoms with Gasteiger partial charge in [-0.15, -0.1) is 0 Å². The molecule has 1 aromatic rings. The van der Waals surface area contributed by atoms with Gasteiger partial charge in [-0.3, -0.25) is 9.59 Å². The maximum Gasteiger partial charge on any atom is 0.250 e. The molecule has 2 amide bonds. The van der Waals surface area contributed by atoms with Crippen LogP contribution in [0.2, 0.25) is 0 Å². The van der Waals surface area contributed by atoms with Gasteiger partial charge in [-0.1, -0.05) is 13.8 Å². The van der Waals surface area contributed by atoms with Crippen LogP contribution in [0.25, 0.3) is 0 Å². The normalized spacial score (nSPS) is 14.9. The summed E-state index contributed by atoms with van der Waals surface area (Å²) in [6.45, 7) is 5.65. The molecule has 1 aromatic carbocycles. The van der Waals surface area contributed by atoms with Gasteiger partial charge in [-0.2, -0.15) is 0 Å². The van der Waals surface area contributed by atoms with Gasteiger partial charge in [0.25, 0.3) is 5.91 Å². The molecule has 5 heteroatoms. The molecule has 0 saturated carbocycles. The Kier molecular flexibility index (Phi) is 4.27. The first-order chi connectivity index (χ1) is 9.49. The van der Waals surface area contributed by atoms with Gasteiger partial charge in [-0.25, -0.2) is 0 Å². The van der Waals surface area contributed by atoms with Gasteiger partial charge in [0.15, 0.2) is 0 Å². The van der Waals surface area contributed by atoms with E-state index in [0.29, 0.717) is 24.4 Å². The predicted octanol–water partition coefficient (Wildman–Crippen LogP) is 1.98. The van der Waals surface area contributed by atoms with Crippen LogP contribution in [0, 0.1) is 5.92 Å². The number of nitrogens with zero attached hydrogens (tertiary/aromatic N) is 1. The Labute approximate surface area is 119 Å². The lowest BCUT2D eigenvalue weighted by molar-refractivity contribution is -0.117. The van der Waals surface area contributed by atoms with Gasteiger partial charge in [0, 0.05) is 30.9 Å². The Bertz CT molecular complexity index is 526. The maximum atomic E-state index is 11.7. The average molecular weight is 275 g/mol. The molecule has 0 spiro atoms. The highest BCUT2D eigenvalue weighted by molar-refractivity contribution is 6.02. The van der Waals surface area contributed by atoms with Crippen LogP contribution in [-0.2, 0) is 4.79 Å². The highest BCUT2D eigenvalue weighted by Crippen LogP contribution is 2.26. The molecule has 0 bridgehead atoms. The second-order valence-electron chi connectivity index (χ2n) is 5.52. The minimum Gasteiger partial charge on any atom is -0.384 e. The van der Waals surface area contributed by atoms with Crippen LogP contribution >= 0.6 is 0 Å². The van der Waals surface area contributed by atoms with Gasteiger partial charge in [0.1, 0.15) is 0 Å². The molecule has 20 heavy (non-hydrogen) atoms. The molecule has 2 rings (SSSR count). The summed E-state index contributed by atoms with van der Waals surface area (Å²) in [5, 5.41) is 3.22. The fourth-order valence-corrected chi connectivity index (χ4v) is 2.29. The lowest BCUT2D eigenvalue weighted by Crippen LogP contribution is -2.24. The van der Waals surface area contributed by atoms with Crippen LogP contribution in [0.1, 0.15) is 37.0 Å². The zero-order valence-electron chi connectivity index (χ0n) is 12.0. The number of rotatable bonds is 5. The number of carbonyl (C=O) groups is 2. The molecule has 1 aliphatic heterocycles. The van der Waals surface area contributed by atoms with Gasteiger partial charge < -0.3 is 16.0 Å². The molecule has 0 atom stereocenters. The number of anilines is 2. The average Bonchev–Trinajstić information content (AvgIpc) is 2.82. The minimum atomic E-state index is -0.482. The van der Waals surface area contributed by atoms with Gasteiger partial charge in [0.05, 0.1) is 5.56 Å². The van der Waals surface area contributed by atoms with E-state index in [1.165, 1.54) is 0 Å². The second kappa shape index (κ2) is 5.94. The van der Waals surface area contributed by atoms with Crippen molar-refractivity contribution in [2.24, 2.45) is 11.7 Å². The quantitative estimate of drug-likeness (QED) is 0.862. The number of benzene rings is 1. The molecule has 1 heterocycles. The zero-order chi connectivity index (χ0) is 14.7. The van der Waals surface area contributed by atoms with Crippen molar-refractivity contribution in [1.82, 2.24) is 0 Å². The molecule has 0 radical (unpaired) electrons. The minimum absolute atomic E-state index is 0.100. The van der Waals surface area contributed by atoms with Crippen LogP contribution < -0.4 is 16.0 Å². The number of nitrogens with one attached hydrogen (secondary N) is 1. The molecular weight excluding hydrogens is 254 g/mol. The third-order valence-electron chi connectivity index (χ3n) is 3.35. The van der Waals surface area contributed by atoms with E-state index in [-0.39, 0.29) is 5.91 Å². The van der Waals surface area contributed by atoms with Gasteiger partial charge >= 0.3 is 0 Å². The Morgan fingerprint density at radius 2 is 2.20 bits per heavy atom. The van der Waals surface area contributed by atoms with E-state index in [0.717, 1.165) is 24.3 Å². The second-order valence-corrected chi connectivity index (χ2v) is 5.52. The van der Waals surface area contributed by atoms with E-state index < -0.39 is 5.91 Å². The van der Waals surface area contributed by atoms with Crippen LogP contribution in [0.4, 0.5) is 11.4 Å².